The van der Waals surface area contributed by atoms with E-state index < -0.39 is 5.97 Å². The van der Waals surface area contributed by atoms with E-state index in [-0.39, 0.29) is 5.91 Å². The van der Waals surface area contributed by atoms with Crippen LogP contribution in [0.3, 0.4) is 0 Å². The van der Waals surface area contributed by atoms with Gasteiger partial charge in [-0.2, -0.15) is 0 Å². The standard InChI is InChI=1S/C12H10N4O3S/c1-7-11(20-16-15-7)12(19)14-9-6-8(4-5-13-9)2-3-10(17)18/h2-6H,1H3,(H,17,18)(H,13,14,19)/b3-2+. The number of pyridine rings is 1. The van der Waals surface area contributed by atoms with Gasteiger partial charge in [-0.1, -0.05) is 4.49 Å². The summed E-state index contributed by atoms with van der Waals surface area (Å²) < 4.78 is 3.68. The molecule has 0 spiro atoms. The third-order valence-corrected chi connectivity index (χ3v) is 3.13. The Hall–Kier alpha value is -2.61. The number of amides is 1. The highest BCUT2D eigenvalue weighted by molar-refractivity contribution is 7.08. The first-order valence-corrected chi connectivity index (χ1v) is 6.31. The van der Waals surface area contributed by atoms with Crippen LogP contribution in [0.5, 0.6) is 0 Å². The number of hydrogen-bond acceptors (Lipinski definition) is 6. The molecule has 0 aliphatic carbocycles. The van der Waals surface area contributed by atoms with Crippen molar-refractivity contribution in [1.29, 1.82) is 0 Å². The van der Waals surface area contributed by atoms with Crippen LogP contribution >= 0.6 is 11.5 Å². The summed E-state index contributed by atoms with van der Waals surface area (Å²) in [5.74, 6) is -1.06. The number of nitrogens with zero attached hydrogens (tertiary/aromatic N) is 3. The maximum Gasteiger partial charge on any atom is 0.328 e. The molecule has 2 N–H and O–H groups in total. The van der Waals surface area contributed by atoms with Gasteiger partial charge in [-0.15, -0.1) is 5.10 Å². The van der Waals surface area contributed by atoms with E-state index in [1.54, 1.807) is 19.1 Å². The Morgan fingerprint density at radius 2 is 2.25 bits per heavy atom. The predicted octanol–water partition coefficient (Wildman–Crippen LogP) is 1.59. The summed E-state index contributed by atoms with van der Waals surface area (Å²) in [6.45, 7) is 1.69. The maximum absolute atomic E-state index is 11.9. The van der Waals surface area contributed by atoms with E-state index in [0.717, 1.165) is 17.6 Å². The van der Waals surface area contributed by atoms with Crippen LogP contribution < -0.4 is 5.32 Å². The van der Waals surface area contributed by atoms with Gasteiger partial charge in [-0.3, -0.25) is 4.79 Å². The Bertz CT molecular complexity index is 681. The van der Waals surface area contributed by atoms with E-state index in [0.29, 0.717) is 22.0 Å². The van der Waals surface area contributed by atoms with Crippen LogP contribution in [0.15, 0.2) is 24.4 Å². The summed E-state index contributed by atoms with van der Waals surface area (Å²) in [6, 6.07) is 3.20. The summed E-state index contributed by atoms with van der Waals surface area (Å²) in [5.41, 5.74) is 1.17. The first-order chi connectivity index (χ1) is 9.56. The van der Waals surface area contributed by atoms with E-state index in [1.807, 2.05) is 0 Å². The average molecular weight is 290 g/mol. The van der Waals surface area contributed by atoms with Gasteiger partial charge in [0, 0.05) is 12.3 Å². The highest BCUT2D eigenvalue weighted by Crippen LogP contribution is 2.13. The predicted molar refractivity (Wildman–Crippen MR) is 73.5 cm³/mol. The molecule has 0 fully saturated rings. The number of aryl methyl sites for hydroxylation is 1. The number of carbonyl (C=O) groups excluding carboxylic acids is 1. The molecule has 0 aliphatic heterocycles. The first kappa shape index (κ1) is 13.8. The fraction of sp³-hybridized carbons (Fsp3) is 0.0833. The summed E-state index contributed by atoms with van der Waals surface area (Å²) in [5, 5.41) is 14.9. The number of aliphatic carboxylic acids is 1. The lowest BCUT2D eigenvalue weighted by atomic mass is 10.2. The molecule has 2 aromatic heterocycles. The lowest BCUT2D eigenvalue weighted by Gasteiger charge is -2.03. The quantitative estimate of drug-likeness (QED) is 0.828. The van der Waals surface area contributed by atoms with Crippen LogP contribution in [-0.2, 0) is 4.79 Å². The number of hydrogen-bond donors (Lipinski definition) is 2. The Labute approximate surface area is 118 Å². The largest absolute Gasteiger partial charge is 0.478 e. The molecule has 0 aliphatic rings. The minimum atomic E-state index is -1.04. The number of anilines is 1. The second-order valence-electron chi connectivity index (χ2n) is 3.79. The minimum absolute atomic E-state index is 0.329. The molecule has 0 unspecified atom stereocenters. The van der Waals surface area contributed by atoms with Crippen molar-refractivity contribution in [2.45, 2.75) is 6.92 Å². The summed E-state index contributed by atoms with van der Waals surface area (Å²) >= 11 is 1.00. The molecule has 2 rings (SSSR count). The molecule has 2 heterocycles. The summed E-state index contributed by atoms with van der Waals surface area (Å²) in [4.78, 5) is 26.8. The lowest BCUT2D eigenvalue weighted by Crippen LogP contribution is -2.12. The molecule has 0 radical (unpaired) electrons. The fourth-order valence-corrected chi connectivity index (χ4v) is 1.95. The van der Waals surface area contributed by atoms with E-state index in [9.17, 15) is 9.59 Å². The van der Waals surface area contributed by atoms with E-state index in [2.05, 4.69) is 19.9 Å². The van der Waals surface area contributed by atoms with Crippen molar-refractivity contribution < 1.29 is 14.7 Å². The van der Waals surface area contributed by atoms with Gasteiger partial charge in [0.1, 0.15) is 10.7 Å². The number of carboxylic acid groups (broad SMARTS) is 1. The number of carbonyl (C=O) groups is 2. The molecule has 102 valence electrons. The Kier molecular flexibility index (Phi) is 4.16. The number of rotatable bonds is 4. The van der Waals surface area contributed by atoms with Crippen LogP contribution in [0.4, 0.5) is 5.82 Å². The van der Waals surface area contributed by atoms with Gasteiger partial charge in [0.25, 0.3) is 5.91 Å². The van der Waals surface area contributed by atoms with Crippen molar-refractivity contribution in [1.82, 2.24) is 14.6 Å². The second kappa shape index (κ2) is 6.02. The molecule has 0 atom stereocenters. The zero-order valence-electron chi connectivity index (χ0n) is 10.4. The molecule has 7 nitrogen and oxygen atoms in total. The van der Waals surface area contributed by atoms with Crippen molar-refractivity contribution in [2.24, 2.45) is 0 Å². The van der Waals surface area contributed by atoms with Crippen molar-refractivity contribution in [3.8, 4) is 0 Å². The smallest absolute Gasteiger partial charge is 0.328 e. The summed E-state index contributed by atoms with van der Waals surface area (Å²) in [6.07, 6.45) is 3.91. The van der Waals surface area contributed by atoms with Crippen molar-refractivity contribution in [2.75, 3.05) is 5.32 Å². The Morgan fingerprint density at radius 1 is 1.45 bits per heavy atom. The lowest BCUT2D eigenvalue weighted by molar-refractivity contribution is -0.131. The van der Waals surface area contributed by atoms with Gasteiger partial charge in [-0.25, -0.2) is 9.78 Å². The van der Waals surface area contributed by atoms with E-state index in [4.69, 9.17) is 5.11 Å². The van der Waals surface area contributed by atoms with Gasteiger partial charge in [-0.05, 0) is 42.2 Å². The molecule has 0 bridgehead atoms. The third-order valence-electron chi connectivity index (χ3n) is 2.30. The zero-order chi connectivity index (χ0) is 14.5. The van der Waals surface area contributed by atoms with Gasteiger partial charge in [0.15, 0.2) is 0 Å². The SMILES string of the molecule is Cc1nnsc1C(=O)Nc1cc(/C=C/C(=O)O)ccn1. The van der Waals surface area contributed by atoms with Crippen LogP contribution in [0.1, 0.15) is 20.9 Å². The average Bonchev–Trinajstić information content (AvgIpc) is 2.83. The van der Waals surface area contributed by atoms with Crippen LogP contribution in [0, 0.1) is 6.92 Å². The van der Waals surface area contributed by atoms with Crippen LogP contribution in [-0.4, -0.2) is 31.6 Å². The normalized spacial score (nSPS) is 10.7. The minimum Gasteiger partial charge on any atom is -0.478 e. The highest BCUT2D eigenvalue weighted by atomic mass is 32.1. The zero-order valence-corrected chi connectivity index (χ0v) is 11.2. The van der Waals surface area contributed by atoms with Gasteiger partial charge in [0.2, 0.25) is 0 Å². The summed E-state index contributed by atoms with van der Waals surface area (Å²) in [7, 11) is 0. The molecular weight excluding hydrogens is 280 g/mol. The Morgan fingerprint density at radius 3 is 2.90 bits per heavy atom. The molecule has 20 heavy (non-hydrogen) atoms. The van der Waals surface area contributed by atoms with E-state index >= 15 is 0 Å². The topological polar surface area (TPSA) is 105 Å². The molecule has 0 saturated heterocycles. The van der Waals surface area contributed by atoms with Crippen LogP contribution in [0.2, 0.25) is 0 Å². The molecular formula is C12H10N4O3S. The Balaban J connectivity index is 2.14. The molecule has 0 aromatic carbocycles. The van der Waals surface area contributed by atoms with Gasteiger partial charge < -0.3 is 10.4 Å². The number of nitrogens with one attached hydrogen (secondary N) is 1. The van der Waals surface area contributed by atoms with Gasteiger partial charge >= 0.3 is 5.97 Å². The highest BCUT2D eigenvalue weighted by Gasteiger charge is 2.13. The molecule has 8 heteroatoms. The van der Waals surface area contributed by atoms with E-state index in [1.165, 1.54) is 12.3 Å². The number of carboxylic acids is 1. The second-order valence-corrected chi connectivity index (χ2v) is 4.54. The molecule has 1 amide bonds. The maximum atomic E-state index is 11.9. The fourth-order valence-electron chi connectivity index (χ4n) is 1.40. The van der Waals surface area contributed by atoms with Crippen LogP contribution in [0.25, 0.3) is 6.08 Å². The number of aromatic nitrogens is 3. The first-order valence-electron chi connectivity index (χ1n) is 5.53. The monoisotopic (exact) mass is 290 g/mol. The van der Waals surface area contributed by atoms with Crippen molar-refractivity contribution in [3.63, 3.8) is 0 Å². The third kappa shape index (κ3) is 3.45. The van der Waals surface area contributed by atoms with Crippen molar-refractivity contribution in [3.05, 3.63) is 40.5 Å². The van der Waals surface area contributed by atoms with Crippen molar-refractivity contribution >= 4 is 35.3 Å². The molecule has 0 saturated carbocycles. The molecule has 2 aromatic rings. The van der Waals surface area contributed by atoms with Gasteiger partial charge in [0.05, 0.1) is 5.69 Å².